The predicted molar refractivity (Wildman–Crippen MR) is 50.1 cm³/mol. The molecule has 0 atom stereocenters. The maximum Gasteiger partial charge on any atom is 0.120 e. The molecule has 0 aliphatic rings. The third-order valence-corrected chi connectivity index (χ3v) is 1.51. The highest BCUT2D eigenvalue weighted by atomic mass is 16.5. The summed E-state index contributed by atoms with van der Waals surface area (Å²) in [4.78, 5) is 0. The van der Waals surface area contributed by atoms with Gasteiger partial charge in [0.05, 0.1) is 6.10 Å². The van der Waals surface area contributed by atoms with E-state index in [2.05, 4.69) is 0 Å². The van der Waals surface area contributed by atoms with Crippen LogP contribution in [-0.4, -0.2) is 6.10 Å². The maximum absolute atomic E-state index is 5.50. The van der Waals surface area contributed by atoms with Gasteiger partial charge in [0.1, 0.15) is 5.75 Å². The minimum absolute atomic E-state index is 0.220. The number of nitrogens with two attached hydrogens (primary N) is 1. The molecule has 12 heavy (non-hydrogen) atoms. The van der Waals surface area contributed by atoms with E-state index in [9.17, 15) is 0 Å². The van der Waals surface area contributed by atoms with Crippen molar-refractivity contribution in [2.75, 3.05) is 0 Å². The Morgan fingerprint density at radius 2 is 2.17 bits per heavy atom. The van der Waals surface area contributed by atoms with E-state index in [1.807, 2.05) is 38.1 Å². The maximum atomic E-state index is 5.50. The van der Waals surface area contributed by atoms with Gasteiger partial charge in [-0.25, -0.2) is 0 Å². The first-order valence-electron chi connectivity index (χ1n) is 4.18. The number of benzene rings is 1. The molecular formula is C10H15NO. The van der Waals surface area contributed by atoms with Gasteiger partial charge in [-0.15, -0.1) is 0 Å². The van der Waals surface area contributed by atoms with Crippen molar-refractivity contribution in [1.29, 1.82) is 0 Å². The van der Waals surface area contributed by atoms with Gasteiger partial charge in [0.2, 0.25) is 0 Å². The molecule has 2 N–H and O–H groups in total. The van der Waals surface area contributed by atoms with E-state index < -0.39 is 0 Å². The third-order valence-electron chi connectivity index (χ3n) is 1.51. The van der Waals surface area contributed by atoms with E-state index in [0.717, 1.165) is 11.3 Å². The molecule has 0 saturated heterocycles. The molecule has 2 nitrogen and oxygen atoms in total. The molecule has 0 amide bonds. The van der Waals surface area contributed by atoms with E-state index in [1.54, 1.807) is 0 Å². The standard InChI is InChI=1S/C10H15NO/c1-8(2)12-10-5-3-4-9(6-10)7-11/h3-6,8H,7,11H2,1-2H3. The Hall–Kier alpha value is -1.02. The summed E-state index contributed by atoms with van der Waals surface area (Å²) in [7, 11) is 0. The van der Waals surface area contributed by atoms with Crippen molar-refractivity contribution in [2.24, 2.45) is 5.73 Å². The summed E-state index contributed by atoms with van der Waals surface area (Å²) in [5.74, 6) is 0.896. The summed E-state index contributed by atoms with van der Waals surface area (Å²) >= 11 is 0. The molecule has 1 aromatic rings. The first-order chi connectivity index (χ1) is 5.72. The van der Waals surface area contributed by atoms with Crippen molar-refractivity contribution < 1.29 is 4.74 Å². The summed E-state index contributed by atoms with van der Waals surface area (Å²) in [5, 5.41) is 0. The molecular weight excluding hydrogens is 150 g/mol. The lowest BCUT2D eigenvalue weighted by Crippen LogP contribution is -2.06. The van der Waals surface area contributed by atoms with Crippen LogP contribution in [0.1, 0.15) is 19.4 Å². The van der Waals surface area contributed by atoms with Gasteiger partial charge in [-0.3, -0.25) is 0 Å². The minimum atomic E-state index is 0.220. The molecule has 2 heteroatoms. The van der Waals surface area contributed by atoms with E-state index in [4.69, 9.17) is 10.5 Å². The number of rotatable bonds is 3. The Morgan fingerprint density at radius 3 is 2.75 bits per heavy atom. The second kappa shape index (κ2) is 4.12. The lowest BCUT2D eigenvalue weighted by atomic mass is 10.2. The van der Waals surface area contributed by atoms with Crippen LogP contribution < -0.4 is 10.5 Å². The van der Waals surface area contributed by atoms with Gasteiger partial charge in [0.15, 0.2) is 0 Å². The smallest absolute Gasteiger partial charge is 0.120 e. The number of ether oxygens (including phenoxy) is 1. The van der Waals surface area contributed by atoms with E-state index in [1.165, 1.54) is 0 Å². The molecule has 66 valence electrons. The molecule has 0 aliphatic carbocycles. The quantitative estimate of drug-likeness (QED) is 0.742. The second-order valence-corrected chi connectivity index (χ2v) is 3.02. The number of hydrogen-bond donors (Lipinski definition) is 1. The minimum Gasteiger partial charge on any atom is -0.491 e. The van der Waals surface area contributed by atoms with Gasteiger partial charge in [-0.2, -0.15) is 0 Å². The Balaban J connectivity index is 2.72. The van der Waals surface area contributed by atoms with Gasteiger partial charge >= 0.3 is 0 Å². The van der Waals surface area contributed by atoms with Crippen molar-refractivity contribution in [3.05, 3.63) is 29.8 Å². The normalized spacial score (nSPS) is 10.3. The Kier molecular flexibility index (Phi) is 3.11. The van der Waals surface area contributed by atoms with Crippen molar-refractivity contribution in [2.45, 2.75) is 26.5 Å². The largest absolute Gasteiger partial charge is 0.491 e. The van der Waals surface area contributed by atoms with Crippen molar-refractivity contribution in [3.8, 4) is 5.75 Å². The van der Waals surface area contributed by atoms with Gasteiger partial charge in [-0.05, 0) is 31.5 Å². The first-order valence-corrected chi connectivity index (χ1v) is 4.18. The zero-order valence-electron chi connectivity index (χ0n) is 7.58. The molecule has 0 aromatic heterocycles. The fourth-order valence-electron chi connectivity index (χ4n) is 1.02. The van der Waals surface area contributed by atoms with Crippen LogP contribution >= 0.6 is 0 Å². The van der Waals surface area contributed by atoms with Crippen LogP contribution in [0, 0.1) is 0 Å². The van der Waals surface area contributed by atoms with Gasteiger partial charge in [0.25, 0.3) is 0 Å². The van der Waals surface area contributed by atoms with Crippen LogP contribution in [-0.2, 0) is 6.54 Å². The van der Waals surface area contributed by atoms with Crippen LogP contribution in [0.2, 0.25) is 0 Å². The molecule has 0 bridgehead atoms. The first kappa shape index (κ1) is 9.07. The fourth-order valence-corrected chi connectivity index (χ4v) is 1.02. The Labute approximate surface area is 73.3 Å². The highest BCUT2D eigenvalue weighted by molar-refractivity contribution is 5.28. The average molecular weight is 165 g/mol. The third kappa shape index (κ3) is 2.55. The Bertz CT molecular complexity index is 245. The van der Waals surface area contributed by atoms with Gasteiger partial charge in [0, 0.05) is 6.54 Å². The monoisotopic (exact) mass is 165 g/mol. The van der Waals surface area contributed by atoms with Gasteiger partial charge < -0.3 is 10.5 Å². The molecule has 0 saturated carbocycles. The molecule has 0 aliphatic heterocycles. The van der Waals surface area contributed by atoms with Crippen molar-refractivity contribution >= 4 is 0 Å². The molecule has 0 radical (unpaired) electrons. The topological polar surface area (TPSA) is 35.2 Å². The van der Waals surface area contributed by atoms with E-state index >= 15 is 0 Å². The molecule has 0 unspecified atom stereocenters. The van der Waals surface area contributed by atoms with Crippen LogP contribution in [0.5, 0.6) is 5.75 Å². The van der Waals surface area contributed by atoms with Crippen LogP contribution in [0.25, 0.3) is 0 Å². The molecule has 0 fully saturated rings. The summed E-state index contributed by atoms with van der Waals surface area (Å²) in [6, 6.07) is 7.87. The van der Waals surface area contributed by atoms with Crippen LogP contribution in [0.3, 0.4) is 0 Å². The van der Waals surface area contributed by atoms with Crippen molar-refractivity contribution in [1.82, 2.24) is 0 Å². The number of hydrogen-bond acceptors (Lipinski definition) is 2. The molecule has 1 aromatic carbocycles. The van der Waals surface area contributed by atoms with E-state index in [-0.39, 0.29) is 6.10 Å². The van der Waals surface area contributed by atoms with E-state index in [0.29, 0.717) is 6.54 Å². The zero-order valence-corrected chi connectivity index (χ0v) is 7.58. The fraction of sp³-hybridized carbons (Fsp3) is 0.400. The lowest BCUT2D eigenvalue weighted by molar-refractivity contribution is 0.242. The summed E-state index contributed by atoms with van der Waals surface area (Å²) in [5.41, 5.74) is 6.60. The summed E-state index contributed by atoms with van der Waals surface area (Å²) in [6.07, 6.45) is 0.220. The van der Waals surface area contributed by atoms with Gasteiger partial charge in [-0.1, -0.05) is 12.1 Å². The second-order valence-electron chi connectivity index (χ2n) is 3.02. The highest BCUT2D eigenvalue weighted by Gasteiger charge is 1.97. The molecule has 1 rings (SSSR count). The summed E-state index contributed by atoms with van der Waals surface area (Å²) in [6.45, 7) is 4.58. The molecule has 0 spiro atoms. The zero-order chi connectivity index (χ0) is 8.97. The molecule has 0 heterocycles. The van der Waals surface area contributed by atoms with Crippen molar-refractivity contribution in [3.63, 3.8) is 0 Å². The SMILES string of the molecule is CC(C)Oc1cccc(CN)c1. The summed E-state index contributed by atoms with van der Waals surface area (Å²) < 4.78 is 5.50. The highest BCUT2D eigenvalue weighted by Crippen LogP contribution is 2.14. The lowest BCUT2D eigenvalue weighted by Gasteiger charge is -2.09. The predicted octanol–water partition coefficient (Wildman–Crippen LogP) is 1.93. The van der Waals surface area contributed by atoms with Crippen LogP contribution in [0.15, 0.2) is 24.3 Å². The average Bonchev–Trinajstić information content (AvgIpc) is 2.03. The Morgan fingerprint density at radius 1 is 1.42 bits per heavy atom. The van der Waals surface area contributed by atoms with Crippen LogP contribution in [0.4, 0.5) is 0 Å².